The summed E-state index contributed by atoms with van der Waals surface area (Å²) in [6.07, 6.45) is 7.91. The number of nitrogens with zero attached hydrogens (tertiary/aromatic N) is 1. The van der Waals surface area contributed by atoms with Gasteiger partial charge in [-0.25, -0.2) is 0 Å². The zero-order valence-corrected chi connectivity index (χ0v) is 16.3. The molecule has 0 amide bonds. The van der Waals surface area contributed by atoms with E-state index in [4.69, 9.17) is 0 Å². The van der Waals surface area contributed by atoms with E-state index in [0.717, 1.165) is 0 Å². The Labute approximate surface area is 159 Å². The highest BCUT2D eigenvalue weighted by Gasteiger charge is 2.37. The first kappa shape index (κ1) is 20.0. The molecule has 0 unspecified atom stereocenters. The van der Waals surface area contributed by atoms with Gasteiger partial charge in [0.1, 0.15) is 0 Å². The van der Waals surface area contributed by atoms with Crippen molar-refractivity contribution < 1.29 is 0 Å². The molecule has 0 aromatic heterocycles. The highest BCUT2D eigenvalue weighted by molar-refractivity contribution is 5.85. The smallest absolute Gasteiger partial charge is 0.0227 e. The van der Waals surface area contributed by atoms with Gasteiger partial charge in [0.15, 0.2) is 0 Å². The second-order valence-corrected chi connectivity index (χ2v) is 7.22. The summed E-state index contributed by atoms with van der Waals surface area (Å²) in [5.74, 6) is 0. The number of benzene rings is 2. The SMILES string of the molecule is CCCCCCN1CCC(c2ccccc2)(c2ccccc2)CC1.Cl. The van der Waals surface area contributed by atoms with Gasteiger partial charge in [0, 0.05) is 5.41 Å². The average molecular weight is 358 g/mol. The van der Waals surface area contributed by atoms with Crippen LogP contribution in [0.1, 0.15) is 56.6 Å². The molecule has 0 aliphatic carbocycles. The van der Waals surface area contributed by atoms with Gasteiger partial charge in [-0.05, 0) is 50.0 Å². The number of hydrogen-bond donors (Lipinski definition) is 0. The molecule has 0 atom stereocenters. The molecule has 0 bridgehead atoms. The minimum Gasteiger partial charge on any atom is -0.303 e. The second-order valence-electron chi connectivity index (χ2n) is 7.22. The van der Waals surface area contributed by atoms with Crippen LogP contribution in [0.4, 0.5) is 0 Å². The van der Waals surface area contributed by atoms with Crippen LogP contribution in [0.2, 0.25) is 0 Å². The van der Waals surface area contributed by atoms with Crippen molar-refractivity contribution in [2.45, 2.75) is 50.9 Å². The maximum atomic E-state index is 2.68. The molecule has 2 heteroatoms. The van der Waals surface area contributed by atoms with Crippen molar-refractivity contribution in [3.8, 4) is 0 Å². The monoisotopic (exact) mass is 357 g/mol. The topological polar surface area (TPSA) is 3.24 Å². The number of hydrogen-bond acceptors (Lipinski definition) is 1. The average Bonchev–Trinajstić information content (AvgIpc) is 2.67. The van der Waals surface area contributed by atoms with E-state index in [1.807, 2.05) is 0 Å². The summed E-state index contributed by atoms with van der Waals surface area (Å²) in [4.78, 5) is 2.68. The summed E-state index contributed by atoms with van der Waals surface area (Å²) >= 11 is 0. The first-order chi connectivity index (χ1) is 11.8. The first-order valence-corrected chi connectivity index (χ1v) is 9.68. The fourth-order valence-corrected chi connectivity index (χ4v) is 4.18. The normalized spacial score (nSPS) is 17.0. The van der Waals surface area contributed by atoms with Crippen LogP contribution in [0.25, 0.3) is 0 Å². The van der Waals surface area contributed by atoms with Gasteiger partial charge in [0.25, 0.3) is 0 Å². The van der Waals surface area contributed by atoms with Crippen molar-refractivity contribution in [3.05, 3.63) is 71.8 Å². The van der Waals surface area contributed by atoms with Crippen molar-refractivity contribution in [2.24, 2.45) is 0 Å². The highest BCUT2D eigenvalue weighted by atomic mass is 35.5. The molecule has 3 rings (SSSR count). The third kappa shape index (κ3) is 4.86. The van der Waals surface area contributed by atoms with E-state index >= 15 is 0 Å². The summed E-state index contributed by atoms with van der Waals surface area (Å²) in [7, 11) is 0. The zero-order valence-electron chi connectivity index (χ0n) is 15.5. The van der Waals surface area contributed by atoms with E-state index in [1.54, 1.807) is 0 Å². The second kappa shape index (κ2) is 9.99. The Morgan fingerprint density at radius 1 is 0.760 bits per heavy atom. The molecule has 25 heavy (non-hydrogen) atoms. The fourth-order valence-electron chi connectivity index (χ4n) is 4.18. The number of halogens is 1. The number of unbranched alkanes of at least 4 members (excludes halogenated alkanes) is 3. The third-order valence-corrected chi connectivity index (χ3v) is 5.69. The molecule has 136 valence electrons. The highest BCUT2D eigenvalue weighted by Crippen LogP contribution is 2.41. The van der Waals surface area contributed by atoms with Gasteiger partial charge < -0.3 is 4.90 Å². The first-order valence-electron chi connectivity index (χ1n) is 9.68. The fraction of sp³-hybridized carbons (Fsp3) is 0.478. The summed E-state index contributed by atoms with van der Waals surface area (Å²) in [6, 6.07) is 22.3. The molecule has 1 aliphatic rings. The maximum Gasteiger partial charge on any atom is 0.0227 e. The lowest BCUT2D eigenvalue weighted by Gasteiger charge is -2.43. The van der Waals surface area contributed by atoms with Crippen LogP contribution < -0.4 is 0 Å². The van der Waals surface area contributed by atoms with Crippen LogP contribution in [-0.4, -0.2) is 24.5 Å². The molecule has 0 saturated carbocycles. The van der Waals surface area contributed by atoms with Gasteiger partial charge in [-0.15, -0.1) is 12.4 Å². The van der Waals surface area contributed by atoms with E-state index in [-0.39, 0.29) is 17.8 Å². The van der Waals surface area contributed by atoms with Crippen LogP contribution in [0.5, 0.6) is 0 Å². The molecule has 1 fully saturated rings. The van der Waals surface area contributed by atoms with E-state index in [2.05, 4.69) is 72.5 Å². The van der Waals surface area contributed by atoms with Gasteiger partial charge in [0.2, 0.25) is 0 Å². The Hall–Kier alpha value is -1.31. The minimum atomic E-state index is 0. The van der Waals surface area contributed by atoms with Crippen molar-refractivity contribution in [2.75, 3.05) is 19.6 Å². The van der Waals surface area contributed by atoms with E-state index in [9.17, 15) is 0 Å². The van der Waals surface area contributed by atoms with Gasteiger partial charge >= 0.3 is 0 Å². The molecule has 1 saturated heterocycles. The molecule has 2 aromatic carbocycles. The van der Waals surface area contributed by atoms with Crippen molar-refractivity contribution in [1.29, 1.82) is 0 Å². The molecule has 2 aromatic rings. The predicted octanol–water partition coefficient (Wildman–Crippen LogP) is 6.07. The van der Waals surface area contributed by atoms with Crippen molar-refractivity contribution in [3.63, 3.8) is 0 Å². The van der Waals surface area contributed by atoms with Gasteiger partial charge in [0.05, 0.1) is 0 Å². The van der Waals surface area contributed by atoms with Crippen molar-refractivity contribution in [1.82, 2.24) is 4.90 Å². The summed E-state index contributed by atoms with van der Waals surface area (Å²) in [5, 5.41) is 0. The standard InChI is InChI=1S/C23H31N.ClH/c1-2-3-4-11-18-24-19-16-23(17-20-24,21-12-7-5-8-13-21)22-14-9-6-10-15-22;/h5-10,12-15H,2-4,11,16-20H2,1H3;1H. The Kier molecular flexibility index (Phi) is 7.99. The molecule has 0 spiro atoms. The number of likely N-dealkylation sites (tertiary alicyclic amines) is 1. The van der Waals surface area contributed by atoms with E-state index in [1.165, 1.54) is 69.3 Å². The zero-order chi connectivity index (χ0) is 16.7. The molecule has 0 radical (unpaired) electrons. The summed E-state index contributed by atoms with van der Waals surface area (Å²) in [5.41, 5.74) is 3.17. The molecule has 1 heterocycles. The van der Waals surface area contributed by atoms with Crippen molar-refractivity contribution >= 4 is 12.4 Å². The Morgan fingerprint density at radius 2 is 1.28 bits per heavy atom. The predicted molar refractivity (Wildman–Crippen MR) is 111 cm³/mol. The lowest BCUT2D eigenvalue weighted by atomic mass is 9.68. The lowest BCUT2D eigenvalue weighted by Crippen LogP contribution is -2.43. The Bertz CT molecular complexity index is 547. The minimum absolute atomic E-state index is 0. The van der Waals surface area contributed by atoms with Crippen LogP contribution in [0, 0.1) is 0 Å². The molecule has 1 aliphatic heterocycles. The van der Waals surface area contributed by atoms with Gasteiger partial charge in [-0.1, -0.05) is 86.8 Å². The van der Waals surface area contributed by atoms with E-state index in [0.29, 0.717) is 0 Å². The number of piperidine rings is 1. The third-order valence-electron chi connectivity index (χ3n) is 5.69. The van der Waals surface area contributed by atoms with Gasteiger partial charge in [-0.3, -0.25) is 0 Å². The Morgan fingerprint density at radius 3 is 1.76 bits per heavy atom. The molecular weight excluding hydrogens is 326 g/mol. The largest absolute Gasteiger partial charge is 0.303 e. The lowest BCUT2D eigenvalue weighted by molar-refractivity contribution is 0.176. The van der Waals surface area contributed by atoms with Crippen LogP contribution in [0.15, 0.2) is 60.7 Å². The van der Waals surface area contributed by atoms with Crippen LogP contribution >= 0.6 is 12.4 Å². The molecular formula is C23H32ClN. The summed E-state index contributed by atoms with van der Waals surface area (Å²) < 4.78 is 0. The van der Waals surface area contributed by atoms with Crippen LogP contribution in [-0.2, 0) is 5.41 Å². The molecule has 0 N–H and O–H groups in total. The maximum absolute atomic E-state index is 2.68. The summed E-state index contributed by atoms with van der Waals surface area (Å²) in [6.45, 7) is 6.00. The Balaban J connectivity index is 0.00000225. The quantitative estimate of drug-likeness (QED) is 0.543. The number of rotatable bonds is 7. The molecule has 1 nitrogen and oxygen atoms in total. The van der Waals surface area contributed by atoms with Crippen LogP contribution in [0.3, 0.4) is 0 Å². The van der Waals surface area contributed by atoms with E-state index < -0.39 is 0 Å². The van der Waals surface area contributed by atoms with Gasteiger partial charge in [-0.2, -0.15) is 0 Å².